The number of nitrogens with zero attached hydrogens (tertiary/aromatic N) is 2. The first-order valence-electron chi connectivity index (χ1n) is 4.58. The van der Waals surface area contributed by atoms with Gasteiger partial charge in [-0.05, 0) is 26.8 Å². The molecule has 88 valence electrons. The number of pyridine rings is 1. The van der Waals surface area contributed by atoms with Gasteiger partial charge in [-0.2, -0.15) is 0 Å². The molecule has 0 aromatic carbocycles. The Morgan fingerprint density at radius 1 is 1.56 bits per heavy atom. The fourth-order valence-corrected chi connectivity index (χ4v) is 1.49. The summed E-state index contributed by atoms with van der Waals surface area (Å²) in [7, 11) is 0. The minimum Gasteiger partial charge on any atom is -0.591 e. The first-order valence-corrected chi connectivity index (χ1v) is 6.06. The lowest BCUT2D eigenvalue weighted by Crippen LogP contribution is -2.25. The average Bonchev–Trinajstić information content (AvgIpc) is 2.14. The largest absolute Gasteiger partial charge is 0.591 e. The van der Waals surface area contributed by atoms with Crippen LogP contribution < -0.4 is 0 Å². The van der Waals surface area contributed by atoms with Crippen molar-refractivity contribution in [2.24, 2.45) is 4.40 Å². The van der Waals surface area contributed by atoms with E-state index in [1.807, 2.05) is 0 Å². The Morgan fingerprint density at radius 2 is 2.19 bits per heavy atom. The number of halogens is 2. The van der Waals surface area contributed by atoms with E-state index in [2.05, 4.69) is 9.38 Å². The highest BCUT2D eigenvalue weighted by Gasteiger charge is 2.25. The van der Waals surface area contributed by atoms with Crippen molar-refractivity contribution in [3.05, 3.63) is 28.8 Å². The zero-order valence-corrected chi connectivity index (χ0v) is 10.8. The zero-order chi connectivity index (χ0) is 12.3. The third kappa shape index (κ3) is 3.73. The molecular weight excluding hydrogens is 251 g/mol. The highest BCUT2D eigenvalue weighted by Crippen LogP contribution is 2.18. The second-order valence-electron chi connectivity index (χ2n) is 4.12. The molecule has 1 aromatic heterocycles. The minimum atomic E-state index is -1.37. The van der Waals surface area contributed by atoms with E-state index in [4.69, 9.17) is 11.6 Å². The maximum atomic E-state index is 12.7. The van der Waals surface area contributed by atoms with Gasteiger partial charge >= 0.3 is 0 Å². The molecule has 1 heterocycles. The van der Waals surface area contributed by atoms with Crippen molar-refractivity contribution >= 4 is 29.2 Å². The predicted octanol–water partition coefficient (Wildman–Crippen LogP) is 2.76. The summed E-state index contributed by atoms with van der Waals surface area (Å²) in [6.45, 7) is 5.42. The van der Waals surface area contributed by atoms with Gasteiger partial charge in [-0.15, -0.1) is 0 Å². The second kappa shape index (κ2) is 5.12. The van der Waals surface area contributed by atoms with Gasteiger partial charge in [0.25, 0.3) is 0 Å². The molecule has 0 aliphatic rings. The molecule has 1 atom stereocenters. The molecule has 3 nitrogen and oxygen atoms in total. The van der Waals surface area contributed by atoms with E-state index in [-0.39, 0.29) is 5.02 Å². The van der Waals surface area contributed by atoms with Crippen LogP contribution in [-0.4, -0.2) is 20.5 Å². The van der Waals surface area contributed by atoms with E-state index in [0.29, 0.717) is 5.69 Å². The Labute approximate surface area is 102 Å². The second-order valence-corrected chi connectivity index (χ2v) is 6.46. The van der Waals surface area contributed by atoms with Crippen molar-refractivity contribution in [3.8, 4) is 0 Å². The zero-order valence-electron chi connectivity index (χ0n) is 9.20. The Morgan fingerprint density at radius 3 is 2.69 bits per heavy atom. The minimum absolute atomic E-state index is 0.148. The number of hydrogen-bond donors (Lipinski definition) is 0. The topological polar surface area (TPSA) is 48.3 Å². The molecule has 0 radical (unpaired) electrons. The molecule has 0 bridgehead atoms. The Hall–Kier alpha value is -0.650. The molecule has 0 spiro atoms. The molecule has 0 saturated carbocycles. The van der Waals surface area contributed by atoms with E-state index >= 15 is 0 Å². The first kappa shape index (κ1) is 13.4. The Bertz CT molecular complexity index is 406. The summed E-state index contributed by atoms with van der Waals surface area (Å²) in [5.41, 5.74) is 0.306. The van der Waals surface area contributed by atoms with Gasteiger partial charge in [0, 0.05) is 0 Å². The molecule has 16 heavy (non-hydrogen) atoms. The molecule has 0 N–H and O–H groups in total. The number of rotatable bonds is 2. The summed E-state index contributed by atoms with van der Waals surface area (Å²) in [5.74, 6) is -0.515. The lowest BCUT2D eigenvalue weighted by Gasteiger charge is -2.17. The van der Waals surface area contributed by atoms with Crippen molar-refractivity contribution in [2.45, 2.75) is 25.5 Å². The molecule has 0 amide bonds. The van der Waals surface area contributed by atoms with Crippen LogP contribution in [0.2, 0.25) is 5.02 Å². The van der Waals surface area contributed by atoms with Gasteiger partial charge in [0.15, 0.2) is 0 Å². The van der Waals surface area contributed by atoms with E-state index in [1.54, 1.807) is 20.8 Å². The Kier molecular flexibility index (Phi) is 4.29. The van der Waals surface area contributed by atoms with Crippen LogP contribution in [0.5, 0.6) is 0 Å². The Balaban J connectivity index is 2.85. The van der Waals surface area contributed by atoms with Crippen molar-refractivity contribution in [1.29, 1.82) is 0 Å². The highest BCUT2D eigenvalue weighted by molar-refractivity contribution is 7.91. The quantitative estimate of drug-likeness (QED) is 0.608. The van der Waals surface area contributed by atoms with Crippen molar-refractivity contribution < 1.29 is 8.94 Å². The van der Waals surface area contributed by atoms with Gasteiger partial charge in [-0.25, -0.2) is 4.39 Å². The molecule has 0 aliphatic carbocycles. The van der Waals surface area contributed by atoms with Gasteiger partial charge in [-0.1, -0.05) is 16.0 Å². The average molecular weight is 263 g/mol. The van der Waals surface area contributed by atoms with Crippen LogP contribution in [0, 0.1) is 5.82 Å². The maximum Gasteiger partial charge on any atom is 0.144 e. The molecule has 0 fully saturated rings. The number of aromatic nitrogens is 1. The normalized spacial score (nSPS) is 14.4. The van der Waals surface area contributed by atoms with Crippen molar-refractivity contribution in [3.63, 3.8) is 0 Å². The van der Waals surface area contributed by atoms with Crippen LogP contribution in [0.25, 0.3) is 0 Å². The van der Waals surface area contributed by atoms with Gasteiger partial charge in [0.1, 0.15) is 33.8 Å². The van der Waals surface area contributed by atoms with Gasteiger partial charge < -0.3 is 4.55 Å². The van der Waals surface area contributed by atoms with E-state index in [9.17, 15) is 8.94 Å². The summed E-state index contributed by atoms with van der Waals surface area (Å²) in [5, 5.41) is 0.148. The molecular formula is C10H12ClFN2OS. The predicted molar refractivity (Wildman–Crippen MR) is 64.7 cm³/mol. The molecule has 1 aromatic rings. The highest BCUT2D eigenvalue weighted by atomic mass is 35.5. The molecule has 0 saturated heterocycles. The summed E-state index contributed by atoms with van der Waals surface area (Å²) in [4.78, 5) is 3.74. The van der Waals surface area contributed by atoms with Crippen LogP contribution in [0.4, 0.5) is 4.39 Å². The third-order valence-corrected chi connectivity index (χ3v) is 3.28. The number of hydrogen-bond acceptors (Lipinski definition) is 3. The van der Waals surface area contributed by atoms with E-state index in [0.717, 1.165) is 12.3 Å². The SMILES string of the molecule is CC(C)(C)[S@+]([O-])N=Cc1ncc(F)cc1Cl. The van der Waals surface area contributed by atoms with E-state index in [1.165, 1.54) is 6.21 Å². The van der Waals surface area contributed by atoms with Gasteiger partial charge in [0.05, 0.1) is 11.2 Å². The monoisotopic (exact) mass is 262 g/mol. The summed E-state index contributed by atoms with van der Waals surface area (Å²) >= 11 is 4.36. The summed E-state index contributed by atoms with van der Waals surface area (Å²) < 4.78 is 27.7. The molecule has 1 rings (SSSR count). The fraction of sp³-hybridized carbons (Fsp3) is 0.400. The molecule has 6 heteroatoms. The van der Waals surface area contributed by atoms with Crippen LogP contribution in [-0.2, 0) is 11.4 Å². The molecule has 0 aliphatic heterocycles. The van der Waals surface area contributed by atoms with Crippen molar-refractivity contribution in [2.75, 3.05) is 0 Å². The van der Waals surface area contributed by atoms with Crippen molar-refractivity contribution in [1.82, 2.24) is 4.98 Å². The van der Waals surface area contributed by atoms with E-state index < -0.39 is 21.9 Å². The van der Waals surface area contributed by atoms with Crippen LogP contribution in [0.3, 0.4) is 0 Å². The molecule has 0 unspecified atom stereocenters. The maximum absolute atomic E-state index is 12.7. The summed E-state index contributed by atoms with van der Waals surface area (Å²) in [6, 6.07) is 1.13. The van der Waals surface area contributed by atoms with Gasteiger partial charge in [0.2, 0.25) is 0 Å². The summed E-state index contributed by atoms with van der Waals surface area (Å²) in [6.07, 6.45) is 2.33. The fourth-order valence-electron chi connectivity index (χ4n) is 0.776. The van der Waals surface area contributed by atoms with Crippen LogP contribution >= 0.6 is 11.6 Å². The first-order chi connectivity index (χ1) is 7.30. The smallest absolute Gasteiger partial charge is 0.144 e. The lowest BCUT2D eigenvalue weighted by atomic mass is 10.3. The third-order valence-electron chi connectivity index (χ3n) is 1.63. The standard InChI is InChI=1S/C10H12ClFN2OS/c1-10(2,3)16(15)14-6-9-8(11)4-7(12)5-13-9/h4-6H,1-3H3/t16-/m0/s1. The van der Waals surface area contributed by atoms with Crippen LogP contribution in [0.15, 0.2) is 16.7 Å². The lowest BCUT2D eigenvalue weighted by molar-refractivity contribution is 0.562. The van der Waals surface area contributed by atoms with Crippen LogP contribution in [0.1, 0.15) is 26.5 Å². The van der Waals surface area contributed by atoms with Gasteiger partial charge in [-0.3, -0.25) is 4.98 Å².